The van der Waals surface area contributed by atoms with Gasteiger partial charge >= 0.3 is 0 Å². The molecular weight excluding hydrogens is 440 g/mol. The molecule has 0 spiro atoms. The molecule has 3 aromatic rings. The minimum Gasteiger partial charge on any atom is -0.376 e. The standard InChI is InChI=1S/C28H28N4O3/c29-16-21(28(34)30-17-23-9-6-14-35-23)15-22-18-31(26-12-4-2-10-24(22)26)19-27(33)32-13-5-8-20-7-1-3-11-25(20)32/h1-4,7,10-12,15,18,23H,5-6,8-9,13-14,17,19H2,(H,30,34)/b21-15+/t23-/m1/s1. The van der Waals surface area contributed by atoms with E-state index in [4.69, 9.17) is 4.74 Å². The molecule has 178 valence electrons. The fraction of sp³-hybridized carbons (Fsp3) is 0.321. The summed E-state index contributed by atoms with van der Waals surface area (Å²) in [6.45, 7) is 1.98. The molecule has 1 fully saturated rings. The number of anilines is 1. The molecule has 2 aliphatic heterocycles. The monoisotopic (exact) mass is 468 g/mol. The number of aromatic nitrogens is 1. The van der Waals surface area contributed by atoms with Crippen molar-refractivity contribution in [1.82, 2.24) is 9.88 Å². The predicted octanol–water partition coefficient (Wildman–Crippen LogP) is 3.82. The number of aryl methyl sites for hydroxylation is 1. The van der Waals surface area contributed by atoms with E-state index in [9.17, 15) is 14.9 Å². The van der Waals surface area contributed by atoms with Crippen LogP contribution in [-0.2, 0) is 27.3 Å². The first-order valence-electron chi connectivity index (χ1n) is 12.1. The minimum atomic E-state index is -0.416. The zero-order chi connectivity index (χ0) is 24.2. The van der Waals surface area contributed by atoms with Crippen LogP contribution in [0.5, 0.6) is 0 Å². The van der Waals surface area contributed by atoms with E-state index in [1.165, 1.54) is 5.56 Å². The average molecular weight is 469 g/mol. The summed E-state index contributed by atoms with van der Waals surface area (Å²) in [5.41, 5.74) is 3.82. The number of nitriles is 1. The van der Waals surface area contributed by atoms with E-state index in [-0.39, 0.29) is 24.1 Å². The summed E-state index contributed by atoms with van der Waals surface area (Å²) in [6.07, 6.45) is 7.28. The van der Waals surface area contributed by atoms with Crippen LogP contribution < -0.4 is 10.2 Å². The van der Waals surface area contributed by atoms with Gasteiger partial charge in [-0.3, -0.25) is 9.59 Å². The average Bonchev–Trinajstić information content (AvgIpc) is 3.54. The summed E-state index contributed by atoms with van der Waals surface area (Å²) in [7, 11) is 0. The fourth-order valence-electron chi connectivity index (χ4n) is 4.96. The molecule has 7 heteroatoms. The Balaban J connectivity index is 1.39. The number of hydrogen-bond acceptors (Lipinski definition) is 4. The van der Waals surface area contributed by atoms with Gasteiger partial charge in [-0.25, -0.2) is 0 Å². The molecule has 7 nitrogen and oxygen atoms in total. The molecule has 2 aromatic carbocycles. The summed E-state index contributed by atoms with van der Waals surface area (Å²) in [5, 5.41) is 13.4. The number of carbonyl (C=O) groups is 2. The number of amides is 2. The van der Waals surface area contributed by atoms with E-state index in [0.29, 0.717) is 19.7 Å². The third-order valence-electron chi connectivity index (χ3n) is 6.72. The van der Waals surface area contributed by atoms with Crippen molar-refractivity contribution in [3.8, 4) is 6.07 Å². The van der Waals surface area contributed by atoms with E-state index in [2.05, 4.69) is 11.4 Å². The first-order chi connectivity index (χ1) is 17.1. The second-order valence-corrected chi connectivity index (χ2v) is 9.02. The van der Waals surface area contributed by atoms with Crippen LogP contribution in [0.4, 0.5) is 5.69 Å². The molecule has 1 N–H and O–H groups in total. The number of benzene rings is 2. The van der Waals surface area contributed by atoms with Crippen molar-refractivity contribution in [2.24, 2.45) is 0 Å². The lowest BCUT2D eigenvalue weighted by Gasteiger charge is -2.29. The summed E-state index contributed by atoms with van der Waals surface area (Å²) in [5.74, 6) is -0.399. The summed E-state index contributed by atoms with van der Waals surface area (Å²) < 4.78 is 7.45. The number of nitrogens with one attached hydrogen (secondary N) is 1. The van der Waals surface area contributed by atoms with Crippen LogP contribution in [0, 0.1) is 11.3 Å². The number of para-hydroxylation sites is 2. The first kappa shape index (κ1) is 22.9. The highest BCUT2D eigenvalue weighted by molar-refractivity contribution is 6.04. The number of nitrogens with zero attached hydrogens (tertiary/aromatic N) is 3. The maximum atomic E-state index is 13.3. The van der Waals surface area contributed by atoms with Gasteiger partial charge in [0.25, 0.3) is 5.91 Å². The van der Waals surface area contributed by atoms with Gasteiger partial charge in [-0.05, 0) is 49.5 Å². The van der Waals surface area contributed by atoms with Gasteiger partial charge in [-0.1, -0.05) is 36.4 Å². The van der Waals surface area contributed by atoms with Crippen LogP contribution in [0.15, 0.2) is 60.3 Å². The van der Waals surface area contributed by atoms with Crippen molar-refractivity contribution in [2.75, 3.05) is 24.6 Å². The number of ether oxygens (including phenoxy) is 1. The normalized spacial score (nSPS) is 17.7. The molecule has 35 heavy (non-hydrogen) atoms. The SMILES string of the molecule is N#C/C(=C\c1cn(CC(=O)N2CCCc3ccccc32)c2ccccc12)C(=O)NC[C@H]1CCCO1. The van der Waals surface area contributed by atoms with Crippen LogP contribution >= 0.6 is 0 Å². The molecule has 1 saturated heterocycles. The van der Waals surface area contributed by atoms with Crippen molar-refractivity contribution < 1.29 is 14.3 Å². The lowest BCUT2D eigenvalue weighted by molar-refractivity contribution is -0.119. The van der Waals surface area contributed by atoms with Crippen molar-refractivity contribution in [3.63, 3.8) is 0 Å². The first-order valence-corrected chi connectivity index (χ1v) is 12.1. The highest BCUT2D eigenvalue weighted by Crippen LogP contribution is 2.28. The Morgan fingerprint density at radius 2 is 1.97 bits per heavy atom. The van der Waals surface area contributed by atoms with Crippen molar-refractivity contribution >= 4 is 34.5 Å². The van der Waals surface area contributed by atoms with Gasteiger partial charge in [-0.15, -0.1) is 0 Å². The van der Waals surface area contributed by atoms with Crippen LogP contribution in [0.3, 0.4) is 0 Å². The van der Waals surface area contributed by atoms with E-state index >= 15 is 0 Å². The highest BCUT2D eigenvalue weighted by atomic mass is 16.5. The van der Waals surface area contributed by atoms with Gasteiger partial charge < -0.3 is 19.5 Å². The second kappa shape index (κ2) is 10.2. The Morgan fingerprint density at radius 1 is 1.14 bits per heavy atom. The summed E-state index contributed by atoms with van der Waals surface area (Å²) in [6, 6.07) is 17.8. The second-order valence-electron chi connectivity index (χ2n) is 9.02. The third kappa shape index (κ3) is 4.84. The van der Waals surface area contributed by atoms with E-state index in [0.717, 1.165) is 47.8 Å². The quantitative estimate of drug-likeness (QED) is 0.440. The van der Waals surface area contributed by atoms with E-state index < -0.39 is 5.91 Å². The van der Waals surface area contributed by atoms with E-state index in [1.807, 2.05) is 64.2 Å². The minimum absolute atomic E-state index is 0.00624. The van der Waals surface area contributed by atoms with Crippen LogP contribution in [0.1, 0.15) is 30.4 Å². The van der Waals surface area contributed by atoms with Gasteiger partial charge in [-0.2, -0.15) is 5.26 Å². The zero-order valence-electron chi connectivity index (χ0n) is 19.6. The predicted molar refractivity (Wildman–Crippen MR) is 135 cm³/mol. The molecule has 0 unspecified atom stereocenters. The number of hydrogen-bond donors (Lipinski definition) is 1. The summed E-state index contributed by atoms with van der Waals surface area (Å²) in [4.78, 5) is 27.9. The number of carbonyl (C=O) groups excluding carboxylic acids is 2. The van der Waals surface area contributed by atoms with Crippen molar-refractivity contribution in [1.29, 1.82) is 5.26 Å². The van der Waals surface area contributed by atoms with Crippen LogP contribution in [-0.4, -0.2) is 42.2 Å². The Morgan fingerprint density at radius 3 is 2.80 bits per heavy atom. The molecule has 1 atom stereocenters. The molecule has 1 aromatic heterocycles. The Hall–Kier alpha value is -3.89. The molecule has 0 radical (unpaired) electrons. The molecule has 3 heterocycles. The van der Waals surface area contributed by atoms with Gasteiger partial charge in [0.1, 0.15) is 18.2 Å². The topological polar surface area (TPSA) is 87.4 Å². The molecule has 2 aliphatic rings. The largest absolute Gasteiger partial charge is 0.376 e. The van der Waals surface area contributed by atoms with Gasteiger partial charge in [0, 0.05) is 48.0 Å². The molecule has 5 rings (SSSR count). The smallest absolute Gasteiger partial charge is 0.262 e. The molecule has 2 amide bonds. The molecule has 0 saturated carbocycles. The third-order valence-corrected chi connectivity index (χ3v) is 6.72. The van der Waals surface area contributed by atoms with Crippen molar-refractivity contribution in [3.05, 3.63) is 71.4 Å². The van der Waals surface area contributed by atoms with Crippen LogP contribution in [0.2, 0.25) is 0 Å². The lowest BCUT2D eigenvalue weighted by Crippen LogP contribution is -2.37. The molecular formula is C28H28N4O3. The highest BCUT2D eigenvalue weighted by Gasteiger charge is 2.23. The van der Waals surface area contributed by atoms with Gasteiger partial charge in [0.2, 0.25) is 5.91 Å². The number of fused-ring (bicyclic) bond motifs is 2. The maximum absolute atomic E-state index is 13.3. The Labute approximate surface area is 204 Å². The summed E-state index contributed by atoms with van der Waals surface area (Å²) >= 11 is 0. The van der Waals surface area contributed by atoms with Crippen molar-refractivity contribution in [2.45, 2.75) is 38.3 Å². The number of rotatable bonds is 6. The maximum Gasteiger partial charge on any atom is 0.262 e. The Bertz CT molecular complexity index is 1330. The molecule has 0 bridgehead atoms. The lowest BCUT2D eigenvalue weighted by atomic mass is 10.0. The van der Waals surface area contributed by atoms with Gasteiger partial charge in [0.15, 0.2) is 0 Å². The Kier molecular flexibility index (Phi) is 6.64. The van der Waals surface area contributed by atoms with E-state index in [1.54, 1.807) is 6.08 Å². The van der Waals surface area contributed by atoms with Gasteiger partial charge in [0.05, 0.1) is 6.10 Å². The van der Waals surface area contributed by atoms with Crippen LogP contribution in [0.25, 0.3) is 17.0 Å². The zero-order valence-corrected chi connectivity index (χ0v) is 19.6. The fourth-order valence-corrected chi connectivity index (χ4v) is 4.96. The molecule has 0 aliphatic carbocycles.